The van der Waals surface area contributed by atoms with E-state index in [4.69, 9.17) is 4.74 Å². The number of anilines is 3. The van der Waals surface area contributed by atoms with Crippen LogP contribution in [-0.4, -0.2) is 0 Å². The van der Waals surface area contributed by atoms with Crippen molar-refractivity contribution in [2.75, 3.05) is 4.90 Å². The smallest absolute Gasteiger partial charge is 0.151 e. The second-order valence-electron chi connectivity index (χ2n) is 40.5. The summed E-state index contributed by atoms with van der Waals surface area (Å²) in [5.41, 5.74) is 44.4. The predicted molar refractivity (Wildman–Crippen MR) is 564 cm³/mol. The average molecular weight is 1730 g/mol. The third-order valence-electron chi connectivity index (χ3n) is 31.5. The molecule has 132 heavy (non-hydrogen) atoms. The number of nitrogens with zero attached hydrogens (tertiary/aromatic N) is 1. The number of hydrogen-bond donors (Lipinski definition) is 0. The first-order chi connectivity index (χ1) is 64.8. The molecule has 20 rings (SSSR count). The van der Waals surface area contributed by atoms with Gasteiger partial charge in [0.25, 0.3) is 0 Å². The van der Waals surface area contributed by atoms with Crippen LogP contribution >= 0.6 is 0 Å². The number of hydrogen-bond acceptors (Lipinski definition) is 2. The van der Waals surface area contributed by atoms with E-state index in [1.54, 1.807) is 22.3 Å². The van der Waals surface area contributed by atoms with E-state index < -0.39 is 0 Å². The van der Waals surface area contributed by atoms with Gasteiger partial charge >= 0.3 is 0 Å². The van der Waals surface area contributed by atoms with Crippen LogP contribution in [0.3, 0.4) is 0 Å². The number of ether oxygens (including phenoxy) is 1. The Labute approximate surface area is 789 Å². The van der Waals surface area contributed by atoms with E-state index in [0.29, 0.717) is 0 Å². The first kappa shape index (κ1) is 87.9. The monoisotopic (exact) mass is 1720 g/mol. The molecule has 0 bridgehead atoms. The molecule has 1 heterocycles. The summed E-state index contributed by atoms with van der Waals surface area (Å²) < 4.78 is 7.42. The Morgan fingerprint density at radius 3 is 0.750 bits per heavy atom. The van der Waals surface area contributed by atoms with Crippen LogP contribution in [-0.2, 0) is 21.7 Å². The molecule has 1 aliphatic heterocycles. The van der Waals surface area contributed by atoms with Gasteiger partial charge in [-0.3, -0.25) is 0 Å². The molecule has 0 amide bonds. The van der Waals surface area contributed by atoms with E-state index in [1.807, 2.05) is 0 Å². The molecular formula is C130H133NO. The van der Waals surface area contributed by atoms with Crippen LogP contribution in [0.4, 0.5) is 17.1 Å². The molecule has 4 aliphatic carbocycles. The van der Waals surface area contributed by atoms with Crippen molar-refractivity contribution in [2.45, 2.75) is 257 Å². The Hall–Kier alpha value is -12.1. The summed E-state index contributed by atoms with van der Waals surface area (Å²) in [6, 6.07) is 125. The van der Waals surface area contributed by atoms with Gasteiger partial charge in [-0.15, -0.1) is 0 Å². The highest BCUT2D eigenvalue weighted by Gasteiger charge is 2.46. The summed E-state index contributed by atoms with van der Waals surface area (Å²) >= 11 is 0. The van der Waals surface area contributed by atoms with Gasteiger partial charge in [0.05, 0.1) is 17.1 Å². The minimum atomic E-state index is -0.288. The summed E-state index contributed by atoms with van der Waals surface area (Å²) in [4.78, 5) is 2.57. The fourth-order valence-corrected chi connectivity index (χ4v) is 24.2. The van der Waals surface area contributed by atoms with Crippen molar-refractivity contribution in [1.82, 2.24) is 0 Å². The molecule has 0 aromatic heterocycles. The van der Waals surface area contributed by atoms with Crippen LogP contribution < -0.4 is 9.64 Å². The third kappa shape index (κ3) is 16.6. The minimum absolute atomic E-state index is 0.0116. The molecule has 0 atom stereocenters. The lowest BCUT2D eigenvalue weighted by Crippen LogP contribution is -2.25. The largest absolute Gasteiger partial charge is 0.453 e. The summed E-state index contributed by atoms with van der Waals surface area (Å²) in [5, 5.41) is 0. The van der Waals surface area contributed by atoms with Crippen molar-refractivity contribution >= 4 is 17.1 Å². The fraction of sp³-hybridized carbons (Fsp3) is 0.308. The first-order valence-corrected chi connectivity index (χ1v) is 51.1. The lowest BCUT2D eigenvalue weighted by molar-refractivity contribution is 0.398. The zero-order valence-electron chi connectivity index (χ0n) is 79.8. The molecule has 0 saturated heterocycles. The maximum Gasteiger partial charge on any atom is 0.151 e. The molecule has 0 radical (unpaired) electrons. The van der Waals surface area contributed by atoms with Crippen LogP contribution in [0.5, 0.6) is 11.5 Å². The molecule has 2 nitrogen and oxygen atoms in total. The second-order valence-corrected chi connectivity index (χ2v) is 40.5. The van der Waals surface area contributed by atoms with Crippen LogP contribution in [0, 0.1) is 0 Å². The number of fused-ring (bicyclic) bond motifs is 14. The minimum Gasteiger partial charge on any atom is -0.453 e. The molecule has 0 spiro atoms. The van der Waals surface area contributed by atoms with E-state index >= 15 is 0 Å². The standard InChI is InChI=1S/C130H133NO/c1-9-13-17-21-25-39-78-129(79-40-26-22-18-14-10-2)114-52-37-35-48-106(114)112-74-66-100(86-120(112)129)96-62-70-108-110-72-64-98(84-118(110)127(5,6)116(108)82-96)102-68-76-124-122(88-102)131(126-104(94-58-54-92(55-59-94)90-44-31-29-32-45-90)50-43-51-105(126)95-60-56-93(57-61-95)91-46-33-30-34-47-91)123-89-103(69-77-125(123)132-124)99-65-73-111-109-71-63-97(83-117(109)128(7,8)119(111)85-99)101-67-75-113-107-49-36-38-53-115(107)130(121(113)87-101,80-41-27-23-19-15-11-3)81-42-28-24-20-16-12-4/h29-38,43-77,82-89H,9-28,39-42,78-81H2,1-8H3. The van der Waals surface area contributed by atoms with Crippen molar-refractivity contribution in [3.8, 4) is 145 Å². The molecule has 2 heteroatoms. The van der Waals surface area contributed by atoms with Crippen LogP contribution in [0.1, 0.15) is 280 Å². The third-order valence-corrected chi connectivity index (χ3v) is 31.5. The zero-order valence-corrected chi connectivity index (χ0v) is 79.8. The van der Waals surface area contributed by atoms with Gasteiger partial charge in [-0.05, 0) is 253 Å². The molecule has 0 fully saturated rings. The lowest BCUT2D eigenvalue weighted by Gasteiger charge is -2.36. The van der Waals surface area contributed by atoms with Gasteiger partial charge < -0.3 is 9.64 Å². The lowest BCUT2D eigenvalue weighted by atomic mass is 9.70. The normalized spacial score (nSPS) is 14.3. The zero-order chi connectivity index (χ0) is 89.9. The van der Waals surface area contributed by atoms with Gasteiger partial charge in [0, 0.05) is 32.8 Å². The Kier molecular flexibility index (Phi) is 25.5. The van der Waals surface area contributed by atoms with Crippen LogP contribution in [0.2, 0.25) is 0 Å². The van der Waals surface area contributed by atoms with Crippen molar-refractivity contribution in [3.05, 3.63) is 366 Å². The van der Waals surface area contributed by atoms with E-state index in [-0.39, 0.29) is 21.7 Å². The van der Waals surface area contributed by atoms with Crippen molar-refractivity contribution < 1.29 is 4.74 Å². The average Bonchev–Trinajstić information content (AvgIpc) is 1.53. The van der Waals surface area contributed by atoms with Gasteiger partial charge in [0.15, 0.2) is 11.5 Å². The van der Waals surface area contributed by atoms with E-state index in [9.17, 15) is 0 Å². The summed E-state index contributed by atoms with van der Waals surface area (Å²) in [6.45, 7) is 19.2. The molecule has 0 saturated carbocycles. The second kappa shape index (κ2) is 38.2. The summed E-state index contributed by atoms with van der Waals surface area (Å²) in [7, 11) is 0. The van der Waals surface area contributed by atoms with Crippen LogP contribution in [0.25, 0.3) is 134 Å². The number of benzene rings is 15. The molecule has 0 N–H and O–H groups in total. The van der Waals surface area contributed by atoms with Gasteiger partial charge in [-0.2, -0.15) is 0 Å². The maximum absolute atomic E-state index is 7.42. The van der Waals surface area contributed by atoms with Crippen molar-refractivity contribution in [2.24, 2.45) is 0 Å². The molecule has 664 valence electrons. The van der Waals surface area contributed by atoms with Crippen molar-refractivity contribution in [3.63, 3.8) is 0 Å². The molecular weight excluding hydrogens is 1590 g/mol. The molecule has 0 unspecified atom stereocenters. The number of rotatable bonds is 37. The van der Waals surface area contributed by atoms with Gasteiger partial charge in [-0.25, -0.2) is 0 Å². The number of unbranched alkanes of at least 4 members (excludes halogenated alkanes) is 20. The van der Waals surface area contributed by atoms with E-state index in [2.05, 4.69) is 382 Å². The molecule has 15 aromatic rings. The highest BCUT2D eigenvalue weighted by molar-refractivity contribution is 6.03. The van der Waals surface area contributed by atoms with Gasteiger partial charge in [0.1, 0.15) is 0 Å². The molecule has 5 aliphatic rings. The first-order valence-electron chi connectivity index (χ1n) is 51.1. The maximum atomic E-state index is 7.42. The van der Waals surface area contributed by atoms with Gasteiger partial charge in [-0.1, -0.05) is 470 Å². The van der Waals surface area contributed by atoms with E-state index in [1.165, 1.54) is 302 Å². The SMILES string of the molecule is CCCCCCCCC1(CCCCCCCC)c2ccccc2-c2ccc(-c3ccc4c(c3)C(C)(C)c3cc(-c5ccc6c(c5)N(c5c(-c7ccc(-c8ccccc8)cc7)cccc5-c5ccc(-c7ccccc7)cc5)c5cc(-c7ccc8c(c7)C(C)(C)c7cc(-c9ccc%10c(c9)C(CCCCCCCC)(CCCCCCCC)c9ccccc9-%10)ccc7-8)ccc5O6)ccc3-4)cc21. The van der Waals surface area contributed by atoms with Crippen LogP contribution in [0.15, 0.2) is 322 Å². The Bertz CT molecular complexity index is 6240. The Balaban J connectivity index is 0.669. The molecule has 15 aromatic carbocycles. The number of para-hydroxylation sites is 1. The highest BCUT2D eigenvalue weighted by atomic mass is 16.5. The van der Waals surface area contributed by atoms with Crippen molar-refractivity contribution in [1.29, 1.82) is 0 Å². The highest BCUT2D eigenvalue weighted by Crippen LogP contribution is 2.62. The van der Waals surface area contributed by atoms with E-state index in [0.717, 1.165) is 61.9 Å². The fourth-order valence-electron chi connectivity index (χ4n) is 24.2. The summed E-state index contributed by atoms with van der Waals surface area (Å²) in [6.07, 6.45) is 36.3. The van der Waals surface area contributed by atoms with Gasteiger partial charge in [0.2, 0.25) is 0 Å². The topological polar surface area (TPSA) is 12.5 Å². The quantitative estimate of drug-likeness (QED) is 0.0360. The Morgan fingerprint density at radius 2 is 0.424 bits per heavy atom. The summed E-state index contributed by atoms with van der Waals surface area (Å²) in [5.74, 6) is 1.61. The predicted octanol–water partition coefficient (Wildman–Crippen LogP) is 38.7. The Morgan fingerprint density at radius 1 is 0.189 bits per heavy atom.